The Balaban J connectivity index is 1.73. The largest absolute Gasteiger partial charge is 0.459 e. The van der Waals surface area contributed by atoms with E-state index in [2.05, 4.69) is 53.7 Å². The molecule has 1 N–H and O–H groups in total. The third kappa shape index (κ3) is 4.64. The van der Waals surface area contributed by atoms with Gasteiger partial charge in [-0.15, -0.1) is 23.1 Å². The lowest BCUT2D eigenvalue weighted by Crippen LogP contribution is -2.39. The molecule has 3 aromatic rings. The molecule has 0 bridgehead atoms. The van der Waals surface area contributed by atoms with Gasteiger partial charge >= 0.3 is 0 Å². The molecule has 0 saturated carbocycles. The molecule has 3 heterocycles. The van der Waals surface area contributed by atoms with Crippen LogP contribution in [0.4, 0.5) is 5.00 Å². The van der Waals surface area contributed by atoms with Gasteiger partial charge in [-0.3, -0.25) is 9.69 Å². The van der Waals surface area contributed by atoms with Gasteiger partial charge in [-0.25, -0.2) is 0 Å². The number of ether oxygens (including phenoxy) is 1. The third-order valence-electron chi connectivity index (χ3n) is 5.27. The van der Waals surface area contributed by atoms with Gasteiger partial charge in [0.05, 0.1) is 25.5 Å². The van der Waals surface area contributed by atoms with Crippen molar-refractivity contribution in [1.82, 2.24) is 4.90 Å². The van der Waals surface area contributed by atoms with Crippen molar-refractivity contribution < 1.29 is 13.9 Å². The lowest BCUT2D eigenvalue weighted by Gasteiger charge is -2.35. The van der Waals surface area contributed by atoms with Crippen molar-refractivity contribution in [3.63, 3.8) is 0 Å². The Morgan fingerprint density at radius 2 is 2.00 bits per heavy atom. The summed E-state index contributed by atoms with van der Waals surface area (Å²) in [5, 5.41) is 3.99. The SMILES string of the molecule is CCc1cc([C@H](c2ccc(SC)cc2)N2CCOCC2)c(NC(=O)c2ccco2)s1. The molecule has 0 radical (unpaired) electrons. The molecule has 4 rings (SSSR count). The molecule has 5 nitrogen and oxygen atoms in total. The molecule has 1 aliphatic rings. The van der Waals surface area contributed by atoms with Gasteiger partial charge in [0.2, 0.25) is 0 Å². The van der Waals surface area contributed by atoms with Gasteiger partial charge in [-0.05, 0) is 48.6 Å². The van der Waals surface area contributed by atoms with Crippen molar-refractivity contribution >= 4 is 34.0 Å². The topological polar surface area (TPSA) is 54.7 Å². The predicted molar refractivity (Wildman–Crippen MR) is 123 cm³/mol. The fourth-order valence-electron chi connectivity index (χ4n) is 3.71. The Morgan fingerprint density at radius 1 is 1.23 bits per heavy atom. The molecule has 1 atom stereocenters. The second kappa shape index (κ2) is 9.83. The van der Waals surface area contributed by atoms with Crippen LogP contribution < -0.4 is 5.32 Å². The van der Waals surface area contributed by atoms with Crippen LogP contribution in [-0.2, 0) is 11.2 Å². The molecule has 1 saturated heterocycles. The van der Waals surface area contributed by atoms with Crippen LogP contribution in [0.25, 0.3) is 0 Å². The average Bonchev–Trinajstić information content (AvgIpc) is 3.46. The van der Waals surface area contributed by atoms with E-state index in [0.29, 0.717) is 5.76 Å². The number of rotatable bonds is 7. The summed E-state index contributed by atoms with van der Waals surface area (Å²) in [6.45, 7) is 5.30. The van der Waals surface area contributed by atoms with Crippen molar-refractivity contribution in [3.05, 3.63) is 70.5 Å². The molecule has 1 aliphatic heterocycles. The van der Waals surface area contributed by atoms with Gasteiger partial charge < -0.3 is 14.5 Å². The minimum Gasteiger partial charge on any atom is -0.459 e. The summed E-state index contributed by atoms with van der Waals surface area (Å²) in [7, 11) is 0. The van der Waals surface area contributed by atoms with Gasteiger partial charge in [0.15, 0.2) is 5.76 Å². The molecule has 7 heteroatoms. The maximum atomic E-state index is 12.7. The standard InChI is InChI=1S/C23H26N2O3S2/c1-3-17-15-19(23(30-17)24-22(26)20-5-4-12-28-20)21(25-10-13-27-14-11-25)16-6-8-18(29-2)9-7-16/h4-9,12,15,21H,3,10-11,13-14H2,1-2H3,(H,24,26)/t21-/m0/s1. The van der Waals surface area contributed by atoms with E-state index in [1.54, 1.807) is 35.2 Å². The fraction of sp³-hybridized carbons (Fsp3) is 0.348. The van der Waals surface area contributed by atoms with E-state index in [-0.39, 0.29) is 11.9 Å². The van der Waals surface area contributed by atoms with Crippen LogP contribution in [0.5, 0.6) is 0 Å². The number of anilines is 1. The minimum atomic E-state index is -0.218. The zero-order valence-corrected chi connectivity index (χ0v) is 18.9. The molecule has 1 fully saturated rings. The first-order valence-corrected chi connectivity index (χ1v) is 12.2. The summed E-state index contributed by atoms with van der Waals surface area (Å²) in [5.74, 6) is 0.101. The number of thioether (sulfide) groups is 1. The number of amides is 1. The lowest BCUT2D eigenvalue weighted by molar-refractivity contribution is 0.0241. The number of morpholine rings is 1. The number of carbonyl (C=O) groups is 1. The van der Waals surface area contributed by atoms with Gasteiger partial charge in [0.1, 0.15) is 5.00 Å². The Bertz CT molecular complexity index is 961. The molecule has 0 aliphatic carbocycles. The summed E-state index contributed by atoms with van der Waals surface area (Å²) in [4.78, 5) is 17.6. The predicted octanol–water partition coefficient (Wildman–Crippen LogP) is 5.30. The number of nitrogens with one attached hydrogen (secondary N) is 1. The average molecular weight is 443 g/mol. The monoisotopic (exact) mass is 442 g/mol. The van der Waals surface area contributed by atoms with Gasteiger partial charge in [-0.1, -0.05) is 19.1 Å². The molecule has 158 valence electrons. The Kier molecular flexibility index (Phi) is 6.94. The Labute approximate surface area is 185 Å². The first-order valence-electron chi connectivity index (χ1n) is 10.1. The van der Waals surface area contributed by atoms with E-state index in [1.165, 1.54) is 21.6 Å². The summed E-state index contributed by atoms with van der Waals surface area (Å²) in [6.07, 6.45) is 4.53. The number of benzene rings is 1. The van der Waals surface area contributed by atoms with Crippen LogP contribution in [0.2, 0.25) is 0 Å². The van der Waals surface area contributed by atoms with Gasteiger partial charge in [0, 0.05) is 28.4 Å². The number of hydrogen-bond acceptors (Lipinski definition) is 6. The van der Waals surface area contributed by atoms with Crippen LogP contribution in [-0.4, -0.2) is 43.4 Å². The normalized spacial score (nSPS) is 15.8. The van der Waals surface area contributed by atoms with Crippen LogP contribution in [0, 0.1) is 0 Å². The Morgan fingerprint density at radius 3 is 2.63 bits per heavy atom. The zero-order valence-electron chi connectivity index (χ0n) is 17.2. The van der Waals surface area contributed by atoms with E-state index in [9.17, 15) is 4.79 Å². The van der Waals surface area contributed by atoms with Crippen molar-refractivity contribution in [2.24, 2.45) is 0 Å². The summed E-state index contributed by atoms with van der Waals surface area (Å²) < 4.78 is 10.9. The van der Waals surface area contributed by atoms with E-state index >= 15 is 0 Å². The van der Waals surface area contributed by atoms with E-state index in [0.717, 1.165) is 43.3 Å². The number of hydrogen-bond donors (Lipinski definition) is 1. The van der Waals surface area contributed by atoms with Crippen molar-refractivity contribution in [2.75, 3.05) is 37.9 Å². The highest BCUT2D eigenvalue weighted by atomic mass is 32.2. The molecule has 0 unspecified atom stereocenters. The highest BCUT2D eigenvalue weighted by molar-refractivity contribution is 7.98. The summed E-state index contributed by atoms with van der Waals surface area (Å²) in [5.41, 5.74) is 2.36. The molecule has 30 heavy (non-hydrogen) atoms. The summed E-state index contributed by atoms with van der Waals surface area (Å²) in [6, 6.07) is 14.5. The van der Waals surface area contributed by atoms with E-state index < -0.39 is 0 Å². The fourth-order valence-corrected chi connectivity index (χ4v) is 5.15. The van der Waals surface area contributed by atoms with E-state index in [4.69, 9.17) is 9.15 Å². The second-order valence-electron chi connectivity index (χ2n) is 7.11. The molecular formula is C23H26N2O3S2. The number of carbonyl (C=O) groups excluding carboxylic acids is 1. The number of aryl methyl sites for hydroxylation is 1. The molecule has 1 amide bonds. The number of furan rings is 1. The first-order chi connectivity index (χ1) is 14.7. The van der Waals surface area contributed by atoms with E-state index in [1.807, 2.05) is 0 Å². The van der Waals surface area contributed by atoms with Crippen LogP contribution in [0.3, 0.4) is 0 Å². The highest BCUT2D eigenvalue weighted by Crippen LogP contribution is 2.40. The Hall–Kier alpha value is -2.06. The zero-order chi connectivity index (χ0) is 20.9. The molecule has 0 spiro atoms. The minimum absolute atomic E-state index is 0.0632. The smallest absolute Gasteiger partial charge is 0.291 e. The number of nitrogens with zero attached hydrogens (tertiary/aromatic N) is 1. The number of thiophene rings is 1. The van der Waals surface area contributed by atoms with Gasteiger partial charge in [0.25, 0.3) is 5.91 Å². The maximum Gasteiger partial charge on any atom is 0.291 e. The molecule has 2 aromatic heterocycles. The third-order valence-corrected chi connectivity index (χ3v) is 7.22. The van der Waals surface area contributed by atoms with Crippen molar-refractivity contribution in [2.45, 2.75) is 24.3 Å². The lowest BCUT2D eigenvalue weighted by atomic mass is 9.97. The highest BCUT2D eigenvalue weighted by Gasteiger charge is 2.29. The molecule has 1 aromatic carbocycles. The second-order valence-corrected chi connectivity index (χ2v) is 9.12. The summed E-state index contributed by atoms with van der Waals surface area (Å²) >= 11 is 3.38. The van der Waals surface area contributed by atoms with Crippen LogP contribution >= 0.6 is 23.1 Å². The van der Waals surface area contributed by atoms with Crippen molar-refractivity contribution in [1.29, 1.82) is 0 Å². The molecular weight excluding hydrogens is 416 g/mol. The first kappa shape index (κ1) is 21.2. The van der Waals surface area contributed by atoms with Crippen LogP contribution in [0.1, 0.15) is 39.5 Å². The maximum absolute atomic E-state index is 12.7. The van der Waals surface area contributed by atoms with Crippen molar-refractivity contribution in [3.8, 4) is 0 Å². The van der Waals surface area contributed by atoms with Crippen LogP contribution in [0.15, 0.2) is 58.0 Å². The quantitative estimate of drug-likeness (QED) is 0.503. The van der Waals surface area contributed by atoms with Gasteiger partial charge in [-0.2, -0.15) is 0 Å².